The molecule has 5 N–H and O–H groups in total. The van der Waals surface area contributed by atoms with Crippen LogP contribution in [-0.2, 0) is 42.3 Å². The second kappa shape index (κ2) is 16.2. The van der Waals surface area contributed by atoms with Crippen molar-refractivity contribution in [3.05, 3.63) is 28.4 Å². The molecule has 0 aliphatic rings. The molecule has 0 aromatic carbocycles. The van der Waals surface area contributed by atoms with Gasteiger partial charge in [0, 0.05) is 32.6 Å². The third-order valence-corrected chi connectivity index (χ3v) is 1.03. The fraction of sp³-hybridized carbons (Fsp3) is 0. The maximum absolute atomic E-state index is 10.1. The van der Waals surface area contributed by atoms with Gasteiger partial charge < -0.3 is 27.4 Å². The van der Waals surface area contributed by atoms with E-state index < -0.39 is 4.92 Å². The summed E-state index contributed by atoms with van der Waals surface area (Å²) >= 11 is 0. The second-order valence-corrected chi connectivity index (χ2v) is 1.76. The number of H-pyrrole nitrogens is 1. The van der Waals surface area contributed by atoms with E-state index in [1.807, 2.05) is 0 Å². The number of rotatable bonds is 1. The van der Waals surface area contributed by atoms with Gasteiger partial charge in [0.25, 0.3) is 5.82 Å². The standard InChI is InChI=1S/C5H5N3O2.H2O.4O.Re/c6-5-2-1-4(3-7-5)8(9)10;;;;;;/h1-3H,(H2,6,7);1H2;;;;;/q;;4*-2;/p+1. The van der Waals surface area contributed by atoms with Gasteiger partial charge in [-0.1, -0.05) is 0 Å². The molecule has 0 amide bonds. The summed E-state index contributed by atoms with van der Waals surface area (Å²) in [5, 5.41) is 10.1. The Morgan fingerprint density at radius 1 is 1.19 bits per heavy atom. The fourth-order valence-electron chi connectivity index (χ4n) is 0.542. The normalized spacial score (nSPS) is 5.75. The number of hydrogen-bond donors (Lipinski definition) is 1. The Bertz CT molecular complexity index is 257. The maximum atomic E-state index is 10.1. The number of nitrogens with zero attached hydrogens (tertiary/aromatic N) is 1. The first-order valence-electron chi connectivity index (χ1n) is 2.62. The molecule has 0 aliphatic carbocycles. The van der Waals surface area contributed by atoms with Gasteiger partial charge in [0.15, 0.2) is 6.20 Å². The zero-order chi connectivity index (χ0) is 7.56. The van der Waals surface area contributed by atoms with E-state index in [2.05, 4.69) is 4.98 Å². The van der Waals surface area contributed by atoms with Crippen molar-refractivity contribution in [3.63, 3.8) is 0 Å². The van der Waals surface area contributed by atoms with E-state index in [1.165, 1.54) is 18.3 Å². The van der Waals surface area contributed by atoms with Crippen LogP contribution >= 0.6 is 0 Å². The van der Waals surface area contributed by atoms with E-state index in [4.69, 9.17) is 5.73 Å². The van der Waals surface area contributed by atoms with Crippen molar-refractivity contribution in [2.75, 3.05) is 5.73 Å². The van der Waals surface area contributed by atoms with Crippen LogP contribution in [0.25, 0.3) is 0 Å². The van der Waals surface area contributed by atoms with Crippen molar-refractivity contribution in [3.8, 4) is 0 Å². The molecule has 0 spiro atoms. The van der Waals surface area contributed by atoms with Crippen molar-refractivity contribution < 1.29 is 57.7 Å². The van der Waals surface area contributed by atoms with Crippen molar-refractivity contribution >= 4 is 11.5 Å². The van der Waals surface area contributed by atoms with E-state index in [1.54, 1.807) is 0 Å². The third-order valence-electron chi connectivity index (χ3n) is 1.03. The zero-order valence-electron chi connectivity index (χ0n) is 7.58. The first-order valence-corrected chi connectivity index (χ1v) is 2.62. The van der Waals surface area contributed by atoms with Crippen LogP contribution in [0.4, 0.5) is 11.5 Å². The van der Waals surface area contributed by atoms with Gasteiger partial charge in [-0.3, -0.25) is 15.8 Å². The van der Waals surface area contributed by atoms with Gasteiger partial charge in [0.2, 0.25) is 0 Å². The van der Waals surface area contributed by atoms with Crippen LogP contribution in [0.3, 0.4) is 0 Å². The molecule has 11 heteroatoms. The summed E-state index contributed by atoms with van der Waals surface area (Å²) in [6.07, 6.45) is 1.25. The van der Waals surface area contributed by atoms with Gasteiger partial charge in [-0.2, -0.15) is 0 Å². The number of pyridine rings is 1. The average molecular weight is 408 g/mol. The van der Waals surface area contributed by atoms with Crippen molar-refractivity contribution in [1.82, 2.24) is 0 Å². The number of nitrogen functional groups attached to an aromatic ring is 1. The Balaban J connectivity index is -0.0000000417. The predicted molar refractivity (Wildman–Crippen MR) is 40.4 cm³/mol. The van der Waals surface area contributed by atoms with Crippen LogP contribution in [-0.4, -0.2) is 10.4 Å². The number of nitrogens with two attached hydrogens (primary N) is 1. The van der Waals surface area contributed by atoms with E-state index in [-0.39, 0.29) is 53.5 Å². The molecule has 0 saturated heterocycles. The summed E-state index contributed by atoms with van der Waals surface area (Å²) in [7, 11) is 0. The maximum Gasteiger partial charge on any atom is 0.308 e. The van der Waals surface area contributed by atoms with Crippen molar-refractivity contribution in [2.45, 2.75) is 0 Å². The topological polar surface area (TPSA) is 229 Å². The molecule has 0 atom stereocenters. The van der Waals surface area contributed by atoms with Gasteiger partial charge in [0.05, 0.1) is 4.92 Å². The van der Waals surface area contributed by atoms with Crippen LogP contribution in [0.1, 0.15) is 0 Å². The molecule has 0 fully saturated rings. The predicted octanol–water partition coefficient (Wildman–Crippen LogP) is -1.31. The van der Waals surface area contributed by atoms with Gasteiger partial charge in [-0.05, 0) is 0 Å². The molecule has 1 heterocycles. The molecule has 1 radical (unpaired) electrons. The molecule has 10 nitrogen and oxygen atoms in total. The Kier molecular flexibility index (Phi) is 37.0. The average Bonchev–Trinajstić information content (AvgIpc) is 1.88. The molecular weight excluding hydrogens is 400 g/mol. The summed E-state index contributed by atoms with van der Waals surface area (Å²) in [6, 6.07) is 2.78. The fourth-order valence-corrected chi connectivity index (χ4v) is 0.542. The Labute approximate surface area is 104 Å². The van der Waals surface area contributed by atoms with Crippen molar-refractivity contribution in [2.24, 2.45) is 0 Å². The smallest absolute Gasteiger partial charge is 0.308 e. The van der Waals surface area contributed by atoms with Gasteiger partial charge in [-0.25, -0.2) is 4.98 Å². The zero-order valence-corrected chi connectivity index (χ0v) is 10.3. The van der Waals surface area contributed by atoms with Crippen LogP contribution in [0.2, 0.25) is 0 Å². The van der Waals surface area contributed by atoms with Crippen LogP contribution < -0.4 is 10.7 Å². The summed E-state index contributed by atoms with van der Waals surface area (Å²) in [6.45, 7) is 0. The molecule has 16 heavy (non-hydrogen) atoms. The molecule has 1 rings (SSSR count). The molecule has 0 unspecified atom stereocenters. The quantitative estimate of drug-likeness (QED) is 0.441. The van der Waals surface area contributed by atoms with Crippen LogP contribution in [0.5, 0.6) is 0 Å². The van der Waals surface area contributed by atoms with E-state index in [0.717, 1.165) is 0 Å². The first-order chi connectivity index (χ1) is 4.70. The number of nitro groups is 1. The SMILES string of the molecule is Nc1ccc([N+](=O)[O-])c[nH+]1.O.[O-2].[O-2].[O-2].[O-2].[Re]. The minimum Gasteiger partial charge on any atom is -2.00 e. The molecule has 1 aromatic rings. The summed E-state index contributed by atoms with van der Waals surface area (Å²) < 4.78 is 0. The van der Waals surface area contributed by atoms with Gasteiger partial charge in [-0.15, -0.1) is 0 Å². The van der Waals surface area contributed by atoms with Gasteiger partial charge in [0.1, 0.15) is 0 Å². The molecule has 1 aromatic heterocycles. The molecule has 0 saturated carbocycles. The Morgan fingerprint density at radius 2 is 1.62 bits per heavy atom. The number of nitrogens with one attached hydrogen (secondary N) is 1. The number of aromatic amines is 1. The minimum atomic E-state index is -0.490. The Morgan fingerprint density at radius 3 is 1.88 bits per heavy atom. The molecular formula is C5H8N3O7Re-7. The third kappa shape index (κ3) is 10.9. The second-order valence-electron chi connectivity index (χ2n) is 1.76. The van der Waals surface area contributed by atoms with Gasteiger partial charge >= 0.3 is 5.69 Å². The minimum absolute atomic E-state index is 0. The monoisotopic (exact) mass is 409 g/mol. The van der Waals surface area contributed by atoms with E-state index in [9.17, 15) is 10.1 Å². The van der Waals surface area contributed by atoms with Crippen molar-refractivity contribution in [1.29, 1.82) is 0 Å². The van der Waals surface area contributed by atoms with E-state index in [0.29, 0.717) is 5.82 Å². The molecule has 0 bridgehead atoms. The van der Waals surface area contributed by atoms with E-state index >= 15 is 0 Å². The molecule has 0 aliphatic heterocycles. The number of hydrogen-bond acceptors (Lipinski definition) is 3. The molecule has 99 valence electrons. The summed E-state index contributed by atoms with van der Waals surface area (Å²) in [4.78, 5) is 12.1. The van der Waals surface area contributed by atoms with Crippen LogP contribution in [0.15, 0.2) is 18.3 Å². The largest absolute Gasteiger partial charge is 2.00 e. The first kappa shape index (κ1) is 36.4. The Hall–Kier alpha value is -1.19. The summed E-state index contributed by atoms with van der Waals surface area (Å²) in [5.74, 6) is 0.408. The summed E-state index contributed by atoms with van der Waals surface area (Å²) in [5.41, 5.74) is 5.26. The number of anilines is 1. The van der Waals surface area contributed by atoms with Crippen LogP contribution in [0, 0.1) is 10.1 Å². The number of aromatic nitrogens is 1.